The molecule has 2 aromatic rings. The number of hydrogen-bond acceptors (Lipinski definition) is 4. The molecule has 0 N–H and O–H groups in total. The lowest BCUT2D eigenvalue weighted by molar-refractivity contribution is 0.131. The molecule has 114 valence electrons. The molecule has 5 nitrogen and oxygen atoms in total. The number of nitrogens with zero attached hydrogens (tertiary/aromatic N) is 5. The Balaban J connectivity index is 1.57. The SMILES string of the molecule is CC(c1cccc(C#N)c1)N1CCC(Cn2ccnn2)CC1. The van der Waals surface area contributed by atoms with E-state index >= 15 is 0 Å². The first-order chi connectivity index (χ1) is 10.8. The van der Waals surface area contributed by atoms with Gasteiger partial charge in [0.1, 0.15) is 0 Å². The fourth-order valence-electron chi connectivity index (χ4n) is 3.20. The maximum absolute atomic E-state index is 9.03. The third-order valence-electron chi connectivity index (χ3n) is 4.61. The topological polar surface area (TPSA) is 57.7 Å². The molecule has 0 aliphatic carbocycles. The zero-order chi connectivity index (χ0) is 15.4. The van der Waals surface area contributed by atoms with Gasteiger partial charge in [0.15, 0.2) is 0 Å². The Morgan fingerprint density at radius 2 is 2.18 bits per heavy atom. The summed E-state index contributed by atoms with van der Waals surface area (Å²) in [7, 11) is 0. The van der Waals surface area contributed by atoms with Crippen LogP contribution in [0.15, 0.2) is 36.7 Å². The van der Waals surface area contributed by atoms with E-state index in [9.17, 15) is 0 Å². The fourth-order valence-corrected chi connectivity index (χ4v) is 3.20. The first kappa shape index (κ1) is 14.7. The van der Waals surface area contributed by atoms with Gasteiger partial charge in [-0.3, -0.25) is 9.58 Å². The zero-order valence-corrected chi connectivity index (χ0v) is 12.9. The number of nitriles is 1. The number of benzene rings is 1. The van der Waals surface area contributed by atoms with Crippen LogP contribution in [0.4, 0.5) is 0 Å². The molecule has 0 spiro atoms. The molecular formula is C17H21N5. The van der Waals surface area contributed by atoms with Crippen molar-refractivity contribution >= 4 is 0 Å². The second kappa shape index (κ2) is 6.71. The van der Waals surface area contributed by atoms with Crippen LogP contribution in [0.3, 0.4) is 0 Å². The van der Waals surface area contributed by atoms with Gasteiger partial charge < -0.3 is 0 Å². The van der Waals surface area contributed by atoms with Gasteiger partial charge in [0.05, 0.1) is 17.8 Å². The predicted octanol–water partition coefficient (Wildman–Crippen LogP) is 2.62. The summed E-state index contributed by atoms with van der Waals surface area (Å²) >= 11 is 0. The lowest BCUT2D eigenvalue weighted by Crippen LogP contribution is -2.36. The zero-order valence-electron chi connectivity index (χ0n) is 12.9. The molecule has 1 saturated heterocycles. The van der Waals surface area contributed by atoms with Crippen molar-refractivity contribution in [2.45, 2.75) is 32.4 Å². The third kappa shape index (κ3) is 3.34. The van der Waals surface area contributed by atoms with Gasteiger partial charge in [-0.25, -0.2) is 0 Å². The Morgan fingerprint density at radius 3 is 2.86 bits per heavy atom. The van der Waals surface area contributed by atoms with Crippen LogP contribution in [0, 0.1) is 17.2 Å². The van der Waals surface area contributed by atoms with Gasteiger partial charge in [-0.1, -0.05) is 17.3 Å². The molecule has 1 aliphatic rings. The van der Waals surface area contributed by atoms with E-state index in [-0.39, 0.29) is 0 Å². The standard InChI is InChI=1S/C17H21N5/c1-14(17-4-2-3-16(11-17)12-18)21-8-5-15(6-9-21)13-22-10-7-19-20-22/h2-4,7,10-11,14-15H,5-6,8-9,13H2,1H3. The minimum Gasteiger partial charge on any atom is -0.297 e. The molecule has 2 heterocycles. The van der Waals surface area contributed by atoms with Gasteiger partial charge in [0, 0.05) is 18.8 Å². The smallest absolute Gasteiger partial charge is 0.0991 e. The van der Waals surface area contributed by atoms with Crippen molar-refractivity contribution in [3.05, 3.63) is 47.8 Å². The molecule has 1 aromatic carbocycles. The Kier molecular flexibility index (Phi) is 4.50. The number of likely N-dealkylation sites (tertiary alicyclic amines) is 1. The van der Waals surface area contributed by atoms with Gasteiger partial charge in [0.2, 0.25) is 0 Å². The van der Waals surface area contributed by atoms with Crippen LogP contribution in [0.2, 0.25) is 0 Å². The average Bonchev–Trinajstić information content (AvgIpc) is 3.08. The van der Waals surface area contributed by atoms with Crippen molar-refractivity contribution in [3.8, 4) is 6.07 Å². The van der Waals surface area contributed by atoms with Gasteiger partial charge in [-0.05, 0) is 56.5 Å². The molecule has 0 radical (unpaired) electrons. The van der Waals surface area contributed by atoms with Crippen LogP contribution in [0.25, 0.3) is 0 Å². The molecule has 5 heteroatoms. The average molecular weight is 295 g/mol. The van der Waals surface area contributed by atoms with Crippen LogP contribution in [0.1, 0.15) is 36.9 Å². The Hall–Kier alpha value is -2.19. The summed E-state index contributed by atoms with van der Waals surface area (Å²) in [5.74, 6) is 0.676. The van der Waals surface area contributed by atoms with E-state index in [0.717, 1.165) is 25.2 Å². The van der Waals surface area contributed by atoms with E-state index in [1.165, 1.54) is 18.4 Å². The molecule has 0 bridgehead atoms. The minimum atomic E-state index is 0.362. The number of rotatable bonds is 4. The normalized spacial score (nSPS) is 18.0. The minimum absolute atomic E-state index is 0.362. The van der Waals surface area contributed by atoms with E-state index in [0.29, 0.717) is 12.0 Å². The summed E-state index contributed by atoms with van der Waals surface area (Å²) in [4.78, 5) is 2.51. The molecular weight excluding hydrogens is 274 g/mol. The quantitative estimate of drug-likeness (QED) is 0.870. The largest absolute Gasteiger partial charge is 0.297 e. The monoisotopic (exact) mass is 295 g/mol. The summed E-state index contributed by atoms with van der Waals surface area (Å²) in [5.41, 5.74) is 1.97. The Morgan fingerprint density at radius 1 is 1.36 bits per heavy atom. The van der Waals surface area contributed by atoms with E-state index in [1.54, 1.807) is 6.20 Å². The van der Waals surface area contributed by atoms with Gasteiger partial charge in [-0.15, -0.1) is 5.10 Å². The second-order valence-corrected chi connectivity index (χ2v) is 6.02. The summed E-state index contributed by atoms with van der Waals surface area (Å²) in [5, 5.41) is 17.0. The predicted molar refractivity (Wildman–Crippen MR) is 83.9 cm³/mol. The van der Waals surface area contributed by atoms with Crippen molar-refractivity contribution < 1.29 is 0 Å². The van der Waals surface area contributed by atoms with Crippen molar-refractivity contribution in [1.29, 1.82) is 5.26 Å². The van der Waals surface area contributed by atoms with Crippen molar-refractivity contribution in [3.63, 3.8) is 0 Å². The molecule has 0 amide bonds. The van der Waals surface area contributed by atoms with Gasteiger partial charge in [0.25, 0.3) is 0 Å². The summed E-state index contributed by atoms with van der Waals surface area (Å²) in [6.07, 6.45) is 6.03. The Labute approximate surface area is 131 Å². The van der Waals surface area contributed by atoms with Crippen molar-refractivity contribution in [2.24, 2.45) is 5.92 Å². The van der Waals surface area contributed by atoms with Crippen LogP contribution < -0.4 is 0 Å². The first-order valence-electron chi connectivity index (χ1n) is 7.84. The summed E-state index contributed by atoms with van der Waals surface area (Å²) < 4.78 is 1.93. The lowest BCUT2D eigenvalue weighted by atomic mass is 9.94. The number of piperidine rings is 1. The van der Waals surface area contributed by atoms with Crippen LogP contribution in [-0.4, -0.2) is 33.0 Å². The summed E-state index contributed by atoms with van der Waals surface area (Å²) in [6.45, 7) is 5.38. The highest BCUT2D eigenvalue weighted by atomic mass is 15.4. The molecule has 1 aliphatic heterocycles. The summed E-state index contributed by atoms with van der Waals surface area (Å²) in [6, 6.07) is 10.5. The maximum atomic E-state index is 9.03. The Bertz CT molecular complexity index is 635. The molecule has 1 fully saturated rings. The number of aromatic nitrogens is 3. The molecule has 0 saturated carbocycles. The fraction of sp³-hybridized carbons (Fsp3) is 0.471. The van der Waals surface area contributed by atoms with Crippen molar-refractivity contribution in [1.82, 2.24) is 19.9 Å². The molecule has 3 rings (SSSR count). The molecule has 1 atom stereocenters. The van der Waals surface area contributed by atoms with E-state index in [2.05, 4.69) is 34.3 Å². The van der Waals surface area contributed by atoms with Crippen LogP contribution in [0.5, 0.6) is 0 Å². The number of hydrogen-bond donors (Lipinski definition) is 0. The molecule has 22 heavy (non-hydrogen) atoms. The van der Waals surface area contributed by atoms with E-state index in [1.807, 2.05) is 29.1 Å². The molecule has 1 unspecified atom stereocenters. The van der Waals surface area contributed by atoms with Gasteiger partial charge >= 0.3 is 0 Å². The van der Waals surface area contributed by atoms with E-state index < -0.39 is 0 Å². The lowest BCUT2D eigenvalue weighted by Gasteiger charge is -2.36. The highest BCUT2D eigenvalue weighted by Crippen LogP contribution is 2.27. The maximum Gasteiger partial charge on any atom is 0.0991 e. The third-order valence-corrected chi connectivity index (χ3v) is 4.61. The highest BCUT2D eigenvalue weighted by Gasteiger charge is 2.24. The second-order valence-electron chi connectivity index (χ2n) is 6.02. The first-order valence-corrected chi connectivity index (χ1v) is 7.84. The van der Waals surface area contributed by atoms with Crippen molar-refractivity contribution in [2.75, 3.05) is 13.1 Å². The van der Waals surface area contributed by atoms with E-state index in [4.69, 9.17) is 5.26 Å². The highest BCUT2D eigenvalue weighted by molar-refractivity contribution is 5.34. The van der Waals surface area contributed by atoms with Gasteiger partial charge in [-0.2, -0.15) is 5.26 Å². The molecule has 1 aromatic heterocycles. The van der Waals surface area contributed by atoms with Crippen LogP contribution in [-0.2, 0) is 6.54 Å². The van der Waals surface area contributed by atoms with Crippen LogP contribution >= 0.6 is 0 Å².